The summed E-state index contributed by atoms with van der Waals surface area (Å²) in [5.41, 5.74) is 0.481. The van der Waals surface area contributed by atoms with E-state index in [1.165, 1.54) is 51.6 Å². The molecule has 20 heavy (non-hydrogen) atoms. The van der Waals surface area contributed by atoms with E-state index in [0.29, 0.717) is 11.5 Å². The lowest BCUT2D eigenvalue weighted by atomic mass is 9.72. The predicted molar refractivity (Wildman–Crippen MR) is 86.0 cm³/mol. The number of piperidine rings is 1. The Morgan fingerprint density at radius 3 is 2.35 bits per heavy atom. The van der Waals surface area contributed by atoms with Crippen molar-refractivity contribution < 1.29 is 4.74 Å². The predicted octanol–water partition coefficient (Wildman–Crippen LogP) is 4.34. The van der Waals surface area contributed by atoms with Crippen LogP contribution in [0.2, 0.25) is 0 Å². The molecule has 0 aromatic carbocycles. The lowest BCUT2D eigenvalue weighted by Crippen LogP contribution is -2.37. The molecule has 0 radical (unpaired) electrons. The lowest BCUT2D eigenvalue weighted by Gasteiger charge is -2.37. The van der Waals surface area contributed by atoms with Crippen molar-refractivity contribution in [2.45, 2.75) is 72.3 Å². The number of likely N-dealkylation sites (tertiary alicyclic amines) is 1. The van der Waals surface area contributed by atoms with E-state index in [1.54, 1.807) is 0 Å². The second kappa shape index (κ2) is 7.26. The van der Waals surface area contributed by atoms with Crippen LogP contribution in [0.25, 0.3) is 0 Å². The Morgan fingerprint density at radius 2 is 1.75 bits per heavy atom. The molecule has 2 aliphatic rings. The van der Waals surface area contributed by atoms with Crippen LogP contribution < -0.4 is 0 Å². The molecule has 2 rings (SSSR count). The maximum atomic E-state index is 6.14. The maximum Gasteiger partial charge on any atom is 0.0597 e. The SMILES string of the molecule is CC1CCCN(CCOC2CCC(C(C)(C)C)CC2)C1. The molecule has 0 amide bonds. The molecular weight excluding hydrogens is 246 g/mol. The molecule has 0 spiro atoms. The third-order valence-corrected chi connectivity index (χ3v) is 5.40. The summed E-state index contributed by atoms with van der Waals surface area (Å²) in [4.78, 5) is 2.59. The molecule has 0 aromatic rings. The Balaban J connectivity index is 1.59. The summed E-state index contributed by atoms with van der Waals surface area (Å²) in [5.74, 6) is 1.77. The van der Waals surface area contributed by atoms with E-state index in [-0.39, 0.29) is 0 Å². The summed E-state index contributed by atoms with van der Waals surface area (Å²) < 4.78 is 6.14. The van der Waals surface area contributed by atoms with Gasteiger partial charge in [0.05, 0.1) is 12.7 Å². The van der Waals surface area contributed by atoms with Crippen LogP contribution in [-0.2, 0) is 4.74 Å². The highest BCUT2D eigenvalue weighted by atomic mass is 16.5. The van der Waals surface area contributed by atoms with Gasteiger partial charge in [-0.25, -0.2) is 0 Å². The first-order valence-corrected chi connectivity index (χ1v) is 8.79. The molecule has 0 bridgehead atoms. The van der Waals surface area contributed by atoms with Gasteiger partial charge in [0.2, 0.25) is 0 Å². The second-order valence-electron chi connectivity index (χ2n) is 8.26. The van der Waals surface area contributed by atoms with Gasteiger partial charge < -0.3 is 9.64 Å². The molecular formula is C18H35NO. The highest BCUT2D eigenvalue weighted by molar-refractivity contribution is 4.81. The van der Waals surface area contributed by atoms with E-state index in [2.05, 4.69) is 32.6 Å². The Hall–Kier alpha value is -0.0800. The fourth-order valence-electron chi connectivity index (χ4n) is 3.93. The van der Waals surface area contributed by atoms with Gasteiger partial charge in [-0.05, 0) is 62.3 Å². The second-order valence-corrected chi connectivity index (χ2v) is 8.26. The summed E-state index contributed by atoms with van der Waals surface area (Å²) in [6.45, 7) is 14.2. The molecule has 2 fully saturated rings. The lowest BCUT2D eigenvalue weighted by molar-refractivity contribution is -0.00804. The zero-order valence-corrected chi connectivity index (χ0v) is 14.2. The third-order valence-electron chi connectivity index (χ3n) is 5.40. The van der Waals surface area contributed by atoms with Crippen LogP contribution in [0.5, 0.6) is 0 Å². The minimum Gasteiger partial charge on any atom is -0.377 e. The van der Waals surface area contributed by atoms with E-state index in [1.807, 2.05) is 0 Å². The molecule has 1 aliphatic heterocycles. The minimum absolute atomic E-state index is 0.481. The third kappa shape index (κ3) is 5.04. The average Bonchev–Trinajstić information content (AvgIpc) is 2.38. The van der Waals surface area contributed by atoms with Gasteiger partial charge in [0.25, 0.3) is 0 Å². The van der Waals surface area contributed by atoms with E-state index in [9.17, 15) is 0 Å². The van der Waals surface area contributed by atoms with Gasteiger partial charge in [0.15, 0.2) is 0 Å². The molecule has 118 valence electrons. The average molecular weight is 281 g/mol. The molecule has 2 heteroatoms. The van der Waals surface area contributed by atoms with Crippen molar-refractivity contribution in [3.8, 4) is 0 Å². The van der Waals surface area contributed by atoms with Gasteiger partial charge in [-0.3, -0.25) is 0 Å². The van der Waals surface area contributed by atoms with Crippen molar-refractivity contribution in [2.75, 3.05) is 26.2 Å². The molecule has 2 nitrogen and oxygen atoms in total. The number of nitrogens with zero attached hydrogens (tertiary/aromatic N) is 1. The molecule has 1 atom stereocenters. The van der Waals surface area contributed by atoms with Crippen molar-refractivity contribution >= 4 is 0 Å². The van der Waals surface area contributed by atoms with E-state index in [0.717, 1.165) is 25.0 Å². The topological polar surface area (TPSA) is 12.5 Å². The molecule has 1 saturated heterocycles. The van der Waals surface area contributed by atoms with Gasteiger partial charge in [0.1, 0.15) is 0 Å². The van der Waals surface area contributed by atoms with Crippen LogP contribution in [0, 0.1) is 17.3 Å². The fourth-order valence-corrected chi connectivity index (χ4v) is 3.93. The molecule has 0 aromatic heterocycles. The first-order valence-electron chi connectivity index (χ1n) is 8.79. The number of rotatable bonds is 4. The van der Waals surface area contributed by atoms with Crippen LogP contribution in [0.3, 0.4) is 0 Å². The van der Waals surface area contributed by atoms with Crippen LogP contribution in [-0.4, -0.2) is 37.2 Å². The summed E-state index contributed by atoms with van der Waals surface area (Å²) in [7, 11) is 0. The van der Waals surface area contributed by atoms with Crippen molar-refractivity contribution in [2.24, 2.45) is 17.3 Å². The normalized spacial score (nSPS) is 33.3. The molecule has 1 heterocycles. The van der Waals surface area contributed by atoms with Crippen molar-refractivity contribution in [1.82, 2.24) is 4.90 Å². The summed E-state index contributed by atoms with van der Waals surface area (Å²) >= 11 is 0. The van der Waals surface area contributed by atoms with E-state index < -0.39 is 0 Å². The summed E-state index contributed by atoms with van der Waals surface area (Å²) in [6, 6.07) is 0. The van der Waals surface area contributed by atoms with Gasteiger partial charge in [-0.2, -0.15) is 0 Å². The quantitative estimate of drug-likeness (QED) is 0.760. The van der Waals surface area contributed by atoms with Gasteiger partial charge >= 0.3 is 0 Å². The fraction of sp³-hybridized carbons (Fsp3) is 1.00. The van der Waals surface area contributed by atoms with Crippen LogP contribution in [0.1, 0.15) is 66.2 Å². The highest BCUT2D eigenvalue weighted by Gasteiger charge is 2.30. The van der Waals surface area contributed by atoms with E-state index >= 15 is 0 Å². The Labute approximate surface area is 126 Å². The minimum atomic E-state index is 0.481. The number of ether oxygens (including phenoxy) is 1. The first kappa shape index (κ1) is 16.3. The van der Waals surface area contributed by atoms with Gasteiger partial charge in [-0.1, -0.05) is 27.7 Å². The Kier molecular flexibility index (Phi) is 5.92. The molecule has 1 aliphatic carbocycles. The Bertz CT molecular complexity index is 276. The zero-order chi connectivity index (χ0) is 14.6. The summed E-state index contributed by atoms with van der Waals surface area (Å²) in [5, 5.41) is 0. The largest absolute Gasteiger partial charge is 0.377 e. The van der Waals surface area contributed by atoms with Crippen molar-refractivity contribution in [3.63, 3.8) is 0 Å². The zero-order valence-electron chi connectivity index (χ0n) is 14.2. The number of hydrogen-bond acceptors (Lipinski definition) is 2. The van der Waals surface area contributed by atoms with Crippen LogP contribution >= 0.6 is 0 Å². The number of hydrogen-bond donors (Lipinski definition) is 0. The standard InChI is InChI=1S/C18H35NO/c1-15-6-5-11-19(14-15)12-13-20-17-9-7-16(8-10-17)18(2,3)4/h15-17H,5-14H2,1-4H3. The smallest absolute Gasteiger partial charge is 0.0597 e. The monoisotopic (exact) mass is 281 g/mol. The van der Waals surface area contributed by atoms with Gasteiger partial charge in [0, 0.05) is 13.1 Å². The van der Waals surface area contributed by atoms with Crippen molar-refractivity contribution in [1.29, 1.82) is 0 Å². The van der Waals surface area contributed by atoms with E-state index in [4.69, 9.17) is 4.74 Å². The molecule has 0 N–H and O–H groups in total. The molecule has 1 unspecified atom stereocenters. The van der Waals surface area contributed by atoms with Gasteiger partial charge in [-0.15, -0.1) is 0 Å². The van der Waals surface area contributed by atoms with Crippen molar-refractivity contribution in [3.05, 3.63) is 0 Å². The van der Waals surface area contributed by atoms with Crippen LogP contribution in [0.4, 0.5) is 0 Å². The van der Waals surface area contributed by atoms with Crippen LogP contribution in [0.15, 0.2) is 0 Å². The first-order chi connectivity index (χ1) is 9.45. The highest BCUT2D eigenvalue weighted by Crippen LogP contribution is 2.38. The summed E-state index contributed by atoms with van der Waals surface area (Å²) in [6.07, 6.45) is 8.59. The molecule has 1 saturated carbocycles. The Morgan fingerprint density at radius 1 is 1.05 bits per heavy atom. The maximum absolute atomic E-state index is 6.14.